The molecule has 6 heteroatoms. The fourth-order valence-corrected chi connectivity index (χ4v) is 5.27. The Kier molecular flexibility index (Phi) is 7.85. The van der Waals surface area contributed by atoms with Gasteiger partial charge in [-0.3, -0.25) is 5.10 Å². The van der Waals surface area contributed by atoms with Gasteiger partial charge >= 0.3 is 6.03 Å². The first-order chi connectivity index (χ1) is 15.7. The van der Waals surface area contributed by atoms with Crippen LogP contribution >= 0.6 is 0 Å². The van der Waals surface area contributed by atoms with Crippen LogP contribution in [0.2, 0.25) is 0 Å². The first-order valence-electron chi connectivity index (χ1n) is 12.4. The smallest absolute Gasteiger partial charge is 0.317 e. The Balaban J connectivity index is 1.39. The predicted octanol–water partition coefficient (Wildman–Crippen LogP) is 5.21. The number of hydrogen-bond acceptors (Lipinski definition) is 3. The Morgan fingerprint density at radius 2 is 1.97 bits per heavy atom. The van der Waals surface area contributed by atoms with Gasteiger partial charge in [-0.25, -0.2) is 4.79 Å². The van der Waals surface area contributed by atoms with Gasteiger partial charge < -0.3 is 15.0 Å². The van der Waals surface area contributed by atoms with Crippen LogP contribution in [0, 0.1) is 0 Å². The summed E-state index contributed by atoms with van der Waals surface area (Å²) in [7, 11) is 0. The van der Waals surface area contributed by atoms with E-state index in [2.05, 4.69) is 59.7 Å². The Morgan fingerprint density at radius 1 is 1.19 bits per heavy atom. The number of nitrogens with zero attached hydrogens (tertiary/aromatic N) is 2. The van der Waals surface area contributed by atoms with E-state index in [9.17, 15) is 4.79 Å². The quantitative estimate of drug-likeness (QED) is 0.623. The normalized spacial score (nSPS) is 27.1. The van der Waals surface area contributed by atoms with E-state index in [1.54, 1.807) is 6.20 Å². The van der Waals surface area contributed by atoms with Gasteiger partial charge in [0.1, 0.15) is 0 Å². The molecule has 1 aromatic carbocycles. The predicted molar refractivity (Wildman–Crippen MR) is 127 cm³/mol. The second kappa shape index (κ2) is 11.0. The third-order valence-corrected chi connectivity index (χ3v) is 7.39. The van der Waals surface area contributed by atoms with Crippen molar-refractivity contribution in [2.24, 2.45) is 0 Å². The molecule has 1 saturated carbocycles. The zero-order valence-electron chi connectivity index (χ0n) is 19.5. The van der Waals surface area contributed by atoms with Gasteiger partial charge in [-0.1, -0.05) is 37.3 Å². The summed E-state index contributed by atoms with van der Waals surface area (Å²) < 4.78 is 6.49. The topological polar surface area (TPSA) is 70.2 Å². The van der Waals surface area contributed by atoms with Crippen molar-refractivity contribution in [2.75, 3.05) is 13.2 Å². The Hall–Kier alpha value is -2.34. The molecule has 1 aliphatic carbocycles. The van der Waals surface area contributed by atoms with E-state index in [1.165, 1.54) is 18.4 Å². The van der Waals surface area contributed by atoms with Gasteiger partial charge in [0, 0.05) is 30.4 Å². The maximum atomic E-state index is 13.1. The Bertz CT molecular complexity index is 818. The van der Waals surface area contributed by atoms with Crippen molar-refractivity contribution in [3.8, 4) is 0 Å². The first kappa shape index (κ1) is 22.8. The lowest BCUT2D eigenvalue weighted by Crippen LogP contribution is -2.55. The molecule has 1 aliphatic heterocycles. The number of likely N-dealkylation sites (tertiary alicyclic amines) is 1. The molecule has 6 nitrogen and oxygen atoms in total. The van der Waals surface area contributed by atoms with Gasteiger partial charge in [-0.15, -0.1) is 0 Å². The van der Waals surface area contributed by atoms with Crippen LogP contribution in [0.15, 0.2) is 42.6 Å². The van der Waals surface area contributed by atoms with Crippen molar-refractivity contribution >= 4 is 6.03 Å². The van der Waals surface area contributed by atoms with E-state index in [1.807, 2.05) is 11.0 Å². The lowest BCUT2D eigenvalue weighted by molar-refractivity contribution is -0.0173. The number of urea groups is 1. The minimum Gasteiger partial charge on any atom is -0.376 e. The van der Waals surface area contributed by atoms with Gasteiger partial charge in [0.05, 0.1) is 18.8 Å². The number of hydrogen-bond donors (Lipinski definition) is 2. The number of H-pyrrole nitrogens is 1. The highest BCUT2D eigenvalue weighted by atomic mass is 16.5. The average molecular weight is 439 g/mol. The number of rotatable bonds is 7. The van der Waals surface area contributed by atoms with Crippen LogP contribution in [0.3, 0.4) is 0 Å². The molecule has 0 radical (unpaired) electrons. The van der Waals surface area contributed by atoms with E-state index < -0.39 is 0 Å². The number of ether oxygens (including phenoxy) is 1. The average Bonchev–Trinajstić information content (AvgIpc) is 3.38. The number of nitrogens with one attached hydrogen (secondary N) is 2. The van der Waals surface area contributed by atoms with Crippen molar-refractivity contribution in [3.63, 3.8) is 0 Å². The second-order valence-corrected chi connectivity index (χ2v) is 9.50. The van der Waals surface area contributed by atoms with Gasteiger partial charge in [-0.05, 0) is 69.4 Å². The van der Waals surface area contributed by atoms with Crippen molar-refractivity contribution in [1.82, 2.24) is 20.4 Å². The minimum absolute atomic E-state index is 0.0279. The zero-order valence-corrected chi connectivity index (χ0v) is 19.5. The summed E-state index contributed by atoms with van der Waals surface area (Å²) in [5.41, 5.74) is 2.55. The van der Waals surface area contributed by atoms with E-state index in [4.69, 9.17) is 4.74 Å². The molecule has 2 fully saturated rings. The molecule has 2 N–H and O–H groups in total. The van der Waals surface area contributed by atoms with Crippen molar-refractivity contribution in [1.29, 1.82) is 0 Å². The summed E-state index contributed by atoms with van der Waals surface area (Å²) in [5.74, 6) is 0.871. The fourth-order valence-electron chi connectivity index (χ4n) is 5.27. The van der Waals surface area contributed by atoms with Crippen molar-refractivity contribution < 1.29 is 9.53 Å². The highest BCUT2D eigenvalue weighted by molar-refractivity contribution is 5.75. The summed E-state index contributed by atoms with van der Waals surface area (Å²) in [6, 6.07) is 13.1. The second-order valence-electron chi connectivity index (χ2n) is 9.50. The third-order valence-electron chi connectivity index (χ3n) is 7.39. The molecule has 1 unspecified atom stereocenters. The molecule has 2 aliphatic rings. The van der Waals surface area contributed by atoms with Crippen LogP contribution in [0.25, 0.3) is 0 Å². The highest BCUT2D eigenvalue weighted by Gasteiger charge is 2.37. The van der Waals surface area contributed by atoms with E-state index in [0.717, 1.165) is 44.3 Å². The number of aromatic amines is 1. The highest BCUT2D eigenvalue weighted by Crippen LogP contribution is 2.36. The lowest BCUT2D eigenvalue weighted by atomic mass is 9.82. The summed E-state index contributed by atoms with van der Waals surface area (Å²) >= 11 is 0. The lowest BCUT2D eigenvalue weighted by Gasteiger charge is -2.42. The molecular formula is C26H38N4O2. The van der Waals surface area contributed by atoms with Gasteiger partial charge in [0.25, 0.3) is 0 Å². The molecule has 2 heterocycles. The zero-order chi connectivity index (χ0) is 22.3. The van der Waals surface area contributed by atoms with Crippen LogP contribution in [0.1, 0.15) is 81.9 Å². The standard InChI is InChI=1S/C26H38N4O2/c1-3-19(2)28-26(31)30-17-7-10-23(24-15-16-27-29-24)25(30)18-32-22-13-11-21(12-14-22)20-8-5-4-6-9-20/h4-6,8-9,15-16,19,21-23,25H,3,7,10-14,17-18H2,1-2H3,(H,27,29)(H,28,31)/t19?,21?,22?,23-,25+/m1/s1. The third kappa shape index (κ3) is 5.52. The monoisotopic (exact) mass is 438 g/mol. The number of carbonyl (C=O) groups excluding carboxylic acids is 1. The summed E-state index contributed by atoms with van der Waals surface area (Å²) in [6.07, 6.45) is 9.55. The molecular weight excluding hydrogens is 400 g/mol. The number of piperidine rings is 1. The van der Waals surface area contributed by atoms with Gasteiger partial charge in [0.2, 0.25) is 0 Å². The number of benzene rings is 1. The van der Waals surface area contributed by atoms with E-state index in [0.29, 0.717) is 12.5 Å². The van der Waals surface area contributed by atoms with Gasteiger partial charge in [-0.2, -0.15) is 5.10 Å². The maximum Gasteiger partial charge on any atom is 0.317 e. The van der Waals surface area contributed by atoms with Crippen molar-refractivity contribution in [3.05, 3.63) is 53.9 Å². The largest absolute Gasteiger partial charge is 0.376 e. The molecule has 32 heavy (non-hydrogen) atoms. The van der Waals surface area contributed by atoms with Crippen LogP contribution in [-0.2, 0) is 4.74 Å². The molecule has 0 spiro atoms. The Labute approximate surface area is 192 Å². The molecule has 1 aromatic heterocycles. The molecule has 2 aromatic rings. The number of amides is 2. The number of aromatic nitrogens is 2. The SMILES string of the molecule is CCC(C)NC(=O)N1CCC[C@H](c2ccn[nH]2)[C@@H]1COC1CCC(c2ccccc2)CC1. The van der Waals surface area contributed by atoms with E-state index >= 15 is 0 Å². The molecule has 174 valence electrons. The van der Waals surface area contributed by atoms with Crippen LogP contribution < -0.4 is 5.32 Å². The van der Waals surface area contributed by atoms with E-state index in [-0.39, 0.29) is 30.1 Å². The molecule has 3 atom stereocenters. The molecule has 1 saturated heterocycles. The minimum atomic E-state index is 0.0279. The fraction of sp³-hybridized carbons (Fsp3) is 0.615. The maximum absolute atomic E-state index is 13.1. The van der Waals surface area contributed by atoms with Crippen LogP contribution in [0.5, 0.6) is 0 Å². The molecule has 4 rings (SSSR count). The summed E-state index contributed by atoms with van der Waals surface area (Å²) in [6.45, 7) is 5.52. The van der Waals surface area contributed by atoms with Gasteiger partial charge in [0.15, 0.2) is 0 Å². The molecule has 2 amide bonds. The first-order valence-corrected chi connectivity index (χ1v) is 12.4. The summed E-state index contributed by atoms with van der Waals surface area (Å²) in [4.78, 5) is 15.1. The van der Waals surface area contributed by atoms with Crippen LogP contribution in [-0.4, -0.2) is 52.5 Å². The van der Waals surface area contributed by atoms with Crippen LogP contribution in [0.4, 0.5) is 4.79 Å². The Morgan fingerprint density at radius 3 is 2.66 bits per heavy atom. The molecule has 0 bridgehead atoms. The van der Waals surface area contributed by atoms with Crippen molar-refractivity contribution in [2.45, 2.75) is 88.8 Å². The number of carbonyl (C=O) groups is 1. The summed E-state index contributed by atoms with van der Waals surface area (Å²) in [5, 5.41) is 10.5.